The third-order valence-electron chi connectivity index (χ3n) is 3.86. The van der Waals surface area contributed by atoms with Crippen LogP contribution in [0.15, 0.2) is 30.0 Å². The van der Waals surface area contributed by atoms with Gasteiger partial charge in [0, 0.05) is 12.1 Å². The predicted octanol–water partition coefficient (Wildman–Crippen LogP) is 4.83. The standard InChI is InChI=1S/C18H19F6N5O/c1-2-3-4-5-30-10-6-12(11(25)8-15(26)17(19,20)21)27-13(7-10)14-9-16(29-28-14)18(22,23)24/h6-9,25H,2-5,26H2,1H3,(H,28,29). The fourth-order valence-corrected chi connectivity index (χ4v) is 2.31. The van der Waals surface area contributed by atoms with E-state index in [1.54, 1.807) is 0 Å². The minimum Gasteiger partial charge on any atom is -0.493 e. The van der Waals surface area contributed by atoms with Crippen molar-refractivity contribution in [3.63, 3.8) is 0 Å². The number of allylic oxidation sites excluding steroid dienone is 2. The van der Waals surface area contributed by atoms with Crippen LogP contribution in [-0.2, 0) is 6.18 Å². The summed E-state index contributed by atoms with van der Waals surface area (Å²) in [6, 6.07) is 3.22. The molecule has 164 valence electrons. The van der Waals surface area contributed by atoms with E-state index in [1.807, 2.05) is 12.0 Å². The Morgan fingerprint density at radius 2 is 1.83 bits per heavy atom. The second-order valence-corrected chi connectivity index (χ2v) is 6.30. The van der Waals surface area contributed by atoms with E-state index in [1.165, 1.54) is 12.1 Å². The zero-order valence-electron chi connectivity index (χ0n) is 15.8. The van der Waals surface area contributed by atoms with Crippen molar-refractivity contribution in [2.75, 3.05) is 6.61 Å². The molecule has 2 rings (SSSR count). The number of unbranched alkanes of at least 4 members (excludes halogenated alkanes) is 2. The predicted molar refractivity (Wildman–Crippen MR) is 97.0 cm³/mol. The summed E-state index contributed by atoms with van der Waals surface area (Å²) in [6.07, 6.45) is -6.64. The number of halogens is 6. The lowest BCUT2D eigenvalue weighted by Gasteiger charge is -2.10. The molecule has 0 saturated carbocycles. The highest BCUT2D eigenvalue weighted by molar-refractivity contribution is 6.06. The van der Waals surface area contributed by atoms with Gasteiger partial charge in [0.05, 0.1) is 23.7 Å². The van der Waals surface area contributed by atoms with Crippen LogP contribution in [0, 0.1) is 5.41 Å². The second kappa shape index (κ2) is 9.18. The summed E-state index contributed by atoms with van der Waals surface area (Å²) in [5.41, 5.74) is 1.05. The molecular formula is C18H19F6N5O. The van der Waals surface area contributed by atoms with Crippen LogP contribution < -0.4 is 10.5 Å². The highest BCUT2D eigenvalue weighted by Crippen LogP contribution is 2.31. The summed E-state index contributed by atoms with van der Waals surface area (Å²) < 4.78 is 81.9. The van der Waals surface area contributed by atoms with Gasteiger partial charge in [-0.05, 0) is 18.6 Å². The summed E-state index contributed by atoms with van der Waals surface area (Å²) in [6.45, 7) is 2.26. The summed E-state index contributed by atoms with van der Waals surface area (Å²) in [7, 11) is 0. The van der Waals surface area contributed by atoms with E-state index in [-0.39, 0.29) is 29.4 Å². The Morgan fingerprint density at radius 1 is 1.13 bits per heavy atom. The molecule has 2 heterocycles. The van der Waals surface area contributed by atoms with Crippen molar-refractivity contribution in [3.8, 4) is 17.1 Å². The number of H-pyrrole nitrogens is 1. The lowest BCUT2D eigenvalue weighted by molar-refractivity contribution is -0.141. The summed E-state index contributed by atoms with van der Waals surface area (Å²) in [4.78, 5) is 3.96. The average Bonchev–Trinajstić information content (AvgIpc) is 3.15. The number of alkyl halides is 6. The lowest BCUT2D eigenvalue weighted by atomic mass is 10.1. The first-order valence-electron chi connectivity index (χ1n) is 8.83. The molecule has 0 aliphatic rings. The third kappa shape index (κ3) is 6.22. The number of nitrogens with one attached hydrogen (secondary N) is 2. The molecular weight excluding hydrogens is 416 g/mol. The van der Waals surface area contributed by atoms with Gasteiger partial charge in [-0.3, -0.25) is 10.5 Å². The molecule has 0 atom stereocenters. The molecule has 0 radical (unpaired) electrons. The SMILES string of the molecule is CCCCCOc1cc(C(=N)C=C(N)C(F)(F)F)nc(-c2cc(C(F)(F)F)[nH]n2)c1. The smallest absolute Gasteiger partial charge is 0.432 e. The first kappa shape index (κ1) is 23.2. The zero-order chi connectivity index (χ0) is 22.5. The normalized spacial score (nSPS) is 12.8. The summed E-state index contributed by atoms with van der Waals surface area (Å²) in [5.74, 6) is 0.131. The van der Waals surface area contributed by atoms with Crippen LogP contribution in [0.2, 0.25) is 0 Å². The molecule has 0 aliphatic heterocycles. The van der Waals surface area contributed by atoms with Gasteiger partial charge < -0.3 is 10.5 Å². The molecule has 0 fully saturated rings. The van der Waals surface area contributed by atoms with Crippen LogP contribution in [0.4, 0.5) is 26.3 Å². The van der Waals surface area contributed by atoms with Crippen molar-refractivity contribution < 1.29 is 31.1 Å². The van der Waals surface area contributed by atoms with Crippen molar-refractivity contribution in [2.45, 2.75) is 38.5 Å². The topological polar surface area (TPSA) is 101 Å². The van der Waals surface area contributed by atoms with Crippen molar-refractivity contribution >= 4 is 5.71 Å². The second-order valence-electron chi connectivity index (χ2n) is 6.30. The molecule has 0 aromatic carbocycles. The van der Waals surface area contributed by atoms with Crippen LogP contribution in [0.5, 0.6) is 5.75 Å². The van der Waals surface area contributed by atoms with E-state index in [9.17, 15) is 26.3 Å². The van der Waals surface area contributed by atoms with Crippen molar-refractivity contribution in [1.29, 1.82) is 5.41 Å². The van der Waals surface area contributed by atoms with Crippen LogP contribution in [0.3, 0.4) is 0 Å². The van der Waals surface area contributed by atoms with E-state index in [0.29, 0.717) is 18.6 Å². The molecule has 4 N–H and O–H groups in total. The van der Waals surface area contributed by atoms with E-state index < -0.39 is 29.5 Å². The maximum Gasteiger partial charge on any atom is 0.432 e. The third-order valence-corrected chi connectivity index (χ3v) is 3.86. The Bertz CT molecular complexity index is 917. The molecule has 0 bridgehead atoms. The number of aromatic amines is 1. The minimum atomic E-state index is -4.84. The monoisotopic (exact) mass is 435 g/mol. The van der Waals surface area contributed by atoms with Gasteiger partial charge in [-0.2, -0.15) is 31.4 Å². The largest absolute Gasteiger partial charge is 0.493 e. The fraction of sp³-hybridized carbons (Fsp3) is 0.389. The number of pyridine rings is 1. The molecule has 0 aliphatic carbocycles. The molecule has 2 aromatic rings. The van der Waals surface area contributed by atoms with Gasteiger partial charge in [-0.1, -0.05) is 19.8 Å². The maximum absolute atomic E-state index is 12.8. The molecule has 2 aromatic heterocycles. The van der Waals surface area contributed by atoms with Gasteiger partial charge in [0.25, 0.3) is 0 Å². The van der Waals surface area contributed by atoms with Crippen LogP contribution >= 0.6 is 0 Å². The Morgan fingerprint density at radius 3 is 2.40 bits per heavy atom. The van der Waals surface area contributed by atoms with Gasteiger partial charge in [0.2, 0.25) is 0 Å². The Hall–Kier alpha value is -3.05. The van der Waals surface area contributed by atoms with Gasteiger partial charge >= 0.3 is 12.4 Å². The molecule has 0 saturated heterocycles. The minimum absolute atomic E-state index is 0.103. The summed E-state index contributed by atoms with van der Waals surface area (Å²) >= 11 is 0. The van der Waals surface area contributed by atoms with E-state index >= 15 is 0 Å². The zero-order valence-corrected chi connectivity index (χ0v) is 15.8. The van der Waals surface area contributed by atoms with Crippen molar-refractivity contribution in [2.24, 2.45) is 5.73 Å². The highest BCUT2D eigenvalue weighted by Gasteiger charge is 2.34. The molecule has 0 spiro atoms. The van der Waals surface area contributed by atoms with Crippen LogP contribution in [-0.4, -0.2) is 33.7 Å². The maximum atomic E-state index is 12.8. The molecule has 0 amide bonds. The number of hydrogen-bond donors (Lipinski definition) is 3. The van der Waals surface area contributed by atoms with Gasteiger partial charge in [-0.25, -0.2) is 4.98 Å². The Kier molecular flexibility index (Phi) is 7.11. The number of aromatic nitrogens is 3. The van der Waals surface area contributed by atoms with Crippen molar-refractivity contribution in [3.05, 3.63) is 41.4 Å². The van der Waals surface area contributed by atoms with Gasteiger partial charge in [0.1, 0.15) is 22.8 Å². The molecule has 0 unspecified atom stereocenters. The van der Waals surface area contributed by atoms with E-state index in [4.69, 9.17) is 15.9 Å². The Balaban J connectivity index is 2.42. The number of rotatable bonds is 8. The molecule has 6 nitrogen and oxygen atoms in total. The number of nitrogens with zero attached hydrogens (tertiary/aromatic N) is 2. The van der Waals surface area contributed by atoms with Crippen molar-refractivity contribution in [1.82, 2.24) is 15.2 Å². The first-order chi connectivity index (χ1) is 13.9. The first-order valence-corrected chi connectivity index (χ1v) is 8.83. The number of hydrogen-bond acceptors (Lipinski definition) is 5. The summed E-state index contributed by atoms with van der Waals surface area (Å²) in [5, 5.41) is 13.2. The quantitative estimate of drug-likeness (QED) is 0.314. The van der Waals surface area contributed by atoms with Gasteiger partial charge in [0.15, 0.2) is 0 Å². The highest BCUT2D eigenvalue weighted by atomic mass is 19.4. The lowest BCUT2D eigenvalue weighted by Crippen LogP contribution is -2.21. The Labute approximate surface area is 167 Å². The average molecular weight is 435 g/mol. The number of nitrogens with two attached hydrogens (primary N) is 1. The van der Waals surface area contributed by atoms with E-state index in [0.717, 1.165) is 12.8 Å². The van der Waals surface area contributed by atoms with Crippen LogP contribution in [0.25, 0.3) is 11.4 Å². The fourth-order valence-electron chi connectivity index (χ4n) is 2.31. The number of ether oxygens (including phenoxy) is 1. The van der Waals surface area contributed by atoms with Crippen LogP contribution in [0.1, 0.15) is 37.6 Å². The molecule has 12 heteroatoms. The van der Waals surface area contributed by atoms with Gasteiger partial charge in [-0.15, -0.1) is 0 Å². The molecule has 30 heavy (non-hydrogen) atoms. The van der Waals surface area contributed by atoms with E-state index in [2.05, 4.69) is 10.1 Å².